The second-order valence-corrected chi connectivity index (χ2v) is 6.04. The van der Waals surface area contributed by atoms with Crippen molar-refractivity contribution in [1.29, 1.82) is 0 Å². The van der Waals surface area contributed by atoms with Crippen molar-refractivity contribution in [1.82, 2.24) is 9.71 Å². The van der Waals surface area contributed by atoms with E-state index in [-0.39, 0.29) is 4.90 Å². The largest absolute Gasteiger partial charge is 0.370 e. The molecule has 1 aromatic heterocycles. The quantitative estimate of drug-likeness (QED) is 0.794. The minimum atomic E-state index is -3.44. The molecule has 0 saturated heterocycles. The SMILES string of the molecule is CCNc1cc(S(=O)(=O)NCC(C)CC)ccn1. The first-order valence-electron chi connectivity index (χ1n) is 6.19. The topological polar surface area (TPSA) is 71.1 Å². The number of hydrogen-bond donors (Lipinski definition) is 2. The van der Waals surface area contributed by atoms with Crippen LogP contribution in [0.4, 0.5) is 5.82 Å². The van der Waals surface area contributed by atoms with Crippen LogP contribution in [0.2, 0.25) is 0 Å². The molecule has 0 aromatic carbocycles. The molecule has 6 heteroatoms. The highest BCUT2D eigenvalue weighted by atomic mass is 32.2. The van der Waals surface area contributed by atoms with Crippen molar-refractivity contribution in [3.63, 3.8) is 0 Å². The lowest BCUT2D eigenvalue weighted by Gasteiger charge is -2.11. The van der Waals surface area contributed by atoms with Crippen LogP contribution < -0.4 is 10.0 Å². The molecule has 0 spiro atoms. The third kappa shape index (κ3) is 4.27. The third-order valence-corrected chi connectivity index (χ3v) is 4.14. The summed E-state index contributed by atoms with van der Waals surface area (Å²) in [6.45, 7) is 7.15. The standard InChI is InChI=1S/C12H21N3O2S/c1-4-10(3)9-15-18(16,17)11-6-7-14-12(8-11)13-5-2/h6-8,10,15H,4-5,9H2,1-3H3,(H,13,14). The Balaban J connectivity index is 2.81. The molecular weight excluding hydrogens is 250 g/mol. The second-order valence-electron chi connectivity index (χ2n) is 4.27. The van der Waals surface area contributed by atoms with Crippen molar-refractivity contribution in [3.8, 4) is 0 Å². The van der Waals surface area contributed by atoms with Crippen LogP contribution in [0.1, 0.15) is 27.2 Å². The van der Waals surface area contributed by atoms with Crippen LogP contribution >= 0.6 is 0 Å². The lowest BCUT2D eigenvalue weighted by atomic mass is 10.1. The first-order chi connectivity index (χ1) is 8.49. The Morgan fingerprint density at radius 2 is 2.11 bits per heavy atom. The maximum atomic E-state index is 12.0. The highest BCUT2D eigenvalue weighted by molar-refractivity contribution is 7.89. The maximum Gasteiger partial charge on any atom is 0.240 e. The van der Waals surface area contributed by atoms with Gasteiger partial charge in [0.05, 0.1) is 4.90 Å². The zero-order valence-corrected chi connectivity index (χ0v) is 11.9. The van der Waals surface area contributed by atoms with E-state index >= 15 is 0 Å². The molecule has 1 rings (SSSR count). The molecule has 0 saturated carbocycles. The van der Waals surface area contributed by atoms with Gasteiger partial charge >= 0.3 is 0 Å². The van der Waals surface area contributed by atoms with Crippen LogP contribution in [-0.2, 0) is 10.0 Å². The molecule has 0 aliphatic carbocycles. The number of pyridine rings is 1. The van der Waals surface area contributed by atoms with E-state index in [1.165, 1.54) is 12.3 Å². The number of hydrogen-bond acceptors (Lipinski definition) is 4. The van der Waals surface area contributed by atoms with Crippen LogP contribution in [0, 0.1) is 5.92 Å². The number of anilines is 1. The summed E-state index contributed by atoms with van der Waals surface area (Å²) in [5.74, 6) is 0.902. The summed E-state index contributed by atoms with van der Waals surface area (Å²) in [6.07, 6.45) is 2.44. The van der Waals surface area contributed by atoms with Gasteiger partial charge in [0.2, 0.25) is 10.0 Å². The van der Waals surface area contributed by atoms with Gasteiger partial charge in [0, 0.05) is 25.4 Å². The van der Waals surface area contributed by atoms with Crippen molar-refractivity contribution < 1.29 is 8.42 Å². The van der Waals surface area contributed by atoms with Crippen molar-refractivity contribution in [2.24, 2.45) is 5.92 Å². The molecule has 1 heterocycles. The van der Waals surface area contributed by atoms with Gasteiger partial charge in [0.25, 0.3) is 0 Å². The Morgan fingerprint density at radius 1 is 1.39 bits per heavy atom. The van der Waals surface area contributed by atoms with E-state index in [4.69, 9.17) is 0 Å². The predicted octanol–water partition coefficient (Wildman–Crippen LogP) is 1.84. The summed E-state index contributed by atoms with van der Waals surface area (Å²) >= 11 is 0. The van der Waals surface area contributed by atoms with Crippen molar-refractivity contribution in [2.75, 3.05) is 18.4 Å². The number of rotatable bonds is 7. The fourth-order valence-electron chi connectivity index (χ4n) is 1.34. The average molecular weight is 271 g/mol. The Morgan fingerprint density at radius 3 is 2.72 bits per heavy atom. The summed E-state index contributed by atoms with van der Waals surface area (Å²) in [5.41, 5.74) is 0. The lowest BCUT2D eigenvalue weighted by molar-refractivity contribution is 0.528. The van der Waals surface area contributed by atoms with Crippen LogP contribution in [0.3, 0.4) is 0 Å². The number of aromatic nitrogens is 1. The Kier molecular flexibility index (Phi) is 5.55. The van der Waals surface area contributed by atoms with E-state index in [0.29, 0.717) is 24.8 Å². The fourth-order valence-corrected chi connectivity index (χ4v) is 2.51. The second kappa shape index (κ2) is 6.70. The van der Waals surface area contributed by atoms with Gasteiger partial charge in [0.1, 0.15) is 5.82 Å². The molecule has 18 heavy (non-hydrogen) atoms. The van der Waals surface area contributed by atoms with E-state index in [9.17, 15) is 8.42 Å². The molecule has 0 bridgehead atoms. The Bertz CT molecular complexity index is 474. The summed E-state index contributed by atoms with van der Waals surface area (Å²) in [5, 5.41) is 2.99. The van der Waals surface area contributed by atoms with Gasteiger partial charge in [-0.2, -0.15) is 0 Å². The summed E-state index contributed by atoms with van der Waals surface area (Å²) in [7, 11) is -3.44. The first kappa shape index (κ1) is 14.9. The van der Waals surface area contributed by atoms with E-state index in [1.54, 1.807) is 6.07 Å². The smallest absolute Gasteiger partial charge is 0.240 e. The molecule has 0 aliphatic rings. The summed E-state index contributed by atoms with van der Waals surface area (Å²) in [6, 6.07) is 3.04. The first-order valence-corrected chi connectivity index (χ1v) is 7.67. The van der Waals surface area contributed by atoms with Gasteiger partial charge in [-0.1, -0.05) is 20.3 Å². The molecule has 1 atom stereocenters. The van der Waals surface area contributed by atoms with Gasteiger partial charge < -0.3 is 5.32 Å². The lowest BCUT2D eigenvalue weighted by Crippen LogP contribution is -2.28. The Hall–Kier alpha value is -1.14. The molecule has 0 radical (unpaired) electrons. The normalized spacial score (nSPS) is 13.3. The van der Waals surface area contributed by atoms with E-state index in [2.05, 4.69) is 15.0 Å². The summed E-state index contributed by atoms with van der Waals surface area (Å²) in [4.78, 5) is 4.30. The van der Waals surface area contributed by atoms with Crippen molar-refractivity contribution in [2.45, 2.75) is 32.1 Å². The minimum absolute atomic E-state index is 0.247. The molecule has 1 aromatic rings. The van der Waals surface area contributed by atoms with E-state index in [0.717, 1.165) is 6.42 Å². The summed E-state index contributed by atoms with van der Waals surface area (Å²) < 4.78 is 26.7. The fraction of sp³-hybridized carbons (Fsp3) is 0.583. The third-order valence-electron chi connectivity index (χ3n) is 2.72. The minimum Gasteiger partial charge on any atom is -0.370 e. The Labute approximate surface area is 109 Å². The van der Waals surface area contributed by atoms with Crippen molar-refractivity contribution >= 4 is 15.8 Å². The highest BCUT2D eigenvalue weighted by Crippen LogP contribution is 2.13. The molecule has 2 N–H and O–H groups in total. The van der Waals surface area contributed by atoms with Crippen molar-refractivity contribution in [3.05, 3.63) is 18.3 Å². The van der Waals surface area contributed by atoms with E-state index < -0.39 is 10.0 Å². The molecule has 1 unspecified atom stereocenters. The predicted molar refractivity (Wildman–Crippen MR) is 73.0 cm³/mol. The molecule has 5 nitrogen and oxygen atoms in total. The van der Waals surface area contributed by atoms with Crippen LogP contribution in [-0.4, -0.2) is 26.5 Å². The molecule has 0 amide bonds. The monoisotopic (exact) mass is 271 g/mol. The van der Waals surface area contributed by atoms with E-state index in [1.807, 2.05) is 20.8 Å². The number of nitrogens with zero attached hydrogens (tertiary/aromatic N) is 1. The number of nitrogens with one attached hydrogen (secondary N) is 2. The average Bonchev–Trinajstić information content (AvgIpc) is 2.37. The van der Waals surface area contributed by atoms with Gasteiger partial charge in [0.15, 0.2) is 0 Å². The van der Waals surface area contributed by atoms with Crippen LogP contribution in [0.5, 0.6) is 0 Å². The van der Waals surface area contributed by atoms with Gasteiger partial charge in [-0.15, -0.1) is 0 Å². The van der Waals surface area contributed by atoms with Gasteiger partial charge in [-0.05, 0) is 18.9 Å². The zero-order valence-electron chi connectivity index (χ0n) is 11.1. The molecular formula is C12H21N3O2S. The molecule has 0 aliphatic heterocycles. The molecule has 102 valence electrons. The number of sulfonamides is 1. The zero-order chi connectivity index (χ0) is 13.6. The maximum absolute atomic E-state index is 12.0. The van der Waals surface area contributed by atoms with Gasteiger partial charge in [-0.3, -0.25) is 0 Å². The van der Waals surface area contributed by atoms with Crippen LogP contribution in [0.25, 0.3) is 0 Å². The van der Waals surface area contributed by atoms with Gasteiger partial charge in [-0.25, -0.2) is 18.1 Å². The molecule has 0 fully saturated rings. The van der Waals surface area contributed by atoms with Crippen LogP contribution in [0.15, 0.2) is 23.2 Å². The highest BCUT2D eigenvalue weighted by Gasteiger charge is 2.15.